The highest BCUT2D eigenvalue weighted by Gasteiger charge is 2.25. The van der Waals surface area contributed by atoms with Gasteiger partial charge in [0.2, 0.25) is 5.88 Å². The Bertz CT molecular complexity index is 524. The van der Waals surface area contributed by atoms with Crippen LogP contribution in [0.25, 0.3) is 0 Å². The summed E-state index contributed by atoms with van der Waals surface area (Å²) < 4.78 is 5.00. The van der Waals surface area contributed by atoms with Gasteiger partial charge in [0.05, 0.1) is 7.11 Å². The van der Waals surface area contributed by atoms with Gasteiger partial charge in [-0.25, -0.2) is 9.78 Å². The third kappa shape index (κ3) is 2.76. The SMILES string of the molecule is COc1ncc(C2CCCN(C(=O)O)C2)cc1C#N. The Hall–Kier alpha value is -2.29. The van der Waals surface area contributed by atoms with Crippen LogP contribution in [-0.4, -0.2) is 41.3 Å². The van der Waals surface area contributed by atoms with Crippen molar-refractivity contribution in [2.45, 2.75) is 18.8 Å². The molecule has 6 heteroatoms. The molecule has 1 fully saturated rings. The average Bonchev–Trinajstić information content (AvgIpc) is 2.46. The molecular weight excluding hydrogens is 246 g/mol. The first-order chi connectivity index (χ1) is 9.15. The second kappa shape index (κ2) is 5.57. The van der Waals surface area contributed by atoms with Gasteiger partial charge in [0.1, 0.15) is 11.6 Å². The molecule has 19 heavy (non-hydrogen) atoms. The van der Waals surface area contributed by atoms with Crippen LogP contribution in [0.15, 0.2) is 12.3 Å². The van der Waals surface area contributed by atoms with Gasteiger partial charge >= 0.3 is 6.09 Å². The molecule has 1 aromatic heterocycles. The molecule has 0 aromatic carbocycles. The number of rotatable bonds is 2. The first kappa shape index (κ1) is 13.1. The first-order valence-electron chi connectivity index (χ1n) is 6.07. The van der Waals surface area contributed by atoms with Crippen molar-refractivity contribution in [3.05, 3.63) is 23.4 Å². The average molecular weight is 261 g/mol. The van der Waals surface area contributed by atoms with Gasteiger partial charge in [0.25, 0.3) is 0 Å². The molecule has 1 aliphatic rings. The topological polar surface area (TPSA) is 86.4 Å². The van der Waals surface area contributed by atoms with Gasteiger partial charge < -0.3 is 14.7 Å². The number of nitriles is 1. The summed E-state index contributed by atoms with van der Waals surface area (Å²) in [5, 5.41) is 18.1. The molecule has 2 rings (SSSR count). The number of nitrogens with zero attached hydrogens (tertiary/aromatic N) is 3. The minimum Gasteiger partial charge on any atom is -0.480 e. The molecule has 1 saturated heterocycles. The highest BCUT2D eigenvalue weighted by Crippen LogP contribution is 2.28. The molecule has 100 valence electrons. The van der Waals surface area contributed by atoms with Crippen LogP contribution in [0.1, 0.15) is 29.9 Å². The van der Waals surface area contributed by atoms with E-state index in [4.69, 9.17) is 15.1 Å². The quantitative estimate of drug-likeness (QED) is 0.877. The summed E-state index contributed by atoms with van der Waals surface area (Å²) in [6.07, 6.45) is 2.50. The fourth-order valence-electron chi connectivity index (χ4n) is 2.36. The maximum absolute atomic E-state index is 11.0. The molecule has 2 heterocycles. The number of amides is 1. The van der Waals surface area contributed by atoms with E-state index < -0.39 is 6.09 Å². The van der Waals surface area contributed by atoms with Crippen LogP contribution in [0, 0.1) is 11.3 Å². The molecule has 0 radical (unpaired) electrons. The Morgan fingerprint density at radius 1 is 1.68 bits per heavy atom. The van der Waals surface area contributed by atoms with E-state index in [1.54, 1.807) is 12.3 Å². The molecule has 0 aliphatic carbocycles. The zero-order chi connectivity index (χ0) is 13.8. The number of hydrogen-bond acceptors (Lipinski definition) is 4. The molecule has 1 N–H and O–H groups in total. The van der Waals surface area contributed by atoms with E-state index in [1.807, 2.05) is 6.07 Å². The van der Waals surface area contributed by atoms with Crippen LogP contribution in [0.3, 0.4) is 0 Å². The van der Waals surface area contributed by atoms with Gasteiger partial charge in [-0.15, -0.1) is 0 Å². The van der Waals surface area contributed by atoms with Crippen molar-refractivity contribution in [2.24, 2.45) is 0 Å². The molecule has 0 spiro atoms. The van der Waals surface area contributed by atoms with Gasteiger partial charge in [-0.3, -0.25) is 0 Å². The molecule has 1 amide bonds. The van der Waals surface area contributed by atoms with Crippen molar-refractivity contribution in [3.63, 3.8) is 0 Å². The fraction of sp³-hybridized carbons (Fsp3) is 0.462. The third-order valence-electron chi connectivity index (χ3n) is 3.35. The Labute approximate surface area is 111 Å². The zero-order valence-electron chi connectivity index (χ0n) is 10.7. The molecular formula is C13H15N3O3. The van der Waals surface area contributed by atoms with E-state index in [9.17, 15) is 4.79 Å². The van der Waals surface area contributed by atoms with Crippen LogP contribution in [0.2, 0.25) is 0 Å². The maximum atomic E-state index is 11.0. The molecule has 6 nitrogen and oxygen atoms in total. The number of aromatic nitrogens is 1. The lowest BCUT2D eigenvalue weighted by molar-refractivity contribution is 0.130. The normalized spacial score (nSPS) is 18.7. The van der Waals surface area contributed by atoms with Crippen molar-refractivity contribution in [1.29, 1.82) is 5.26 Å². The number of methoxy groups -OCH3 is 1. The fourth-order valence-corrected chi connectivity index (χ4v) is 2.36. The second-order valence-electron chi connectivity index (χ2n) is 4.51. The van der Waals surface area contributed by atoms with Crippen LogP contribution >= 0.6 is 0 Å². The summed E-state index contributed by atoms with van der Waals surface area (Å²) in [5.74, 6) is 0.396. The Morgan fingerprint density at radius 3 is 3.11 bits per heavy atom. The number of carboxylic acid groups (broad SMARTS) is 1. The number of likely N-dealkylation sites (tertiary alicyclic amines) is 1. The lowest BCUT2D eigenvalue weighted by Crippen LogP contribution is -2.38. The number of hydrogen-bond donors (Lipinski definition) is 1. The molecule has 1 atom stereocenters. The largest absolute Gasteiger partial charge is 0.480 e. The van der Waals surface area contributed by atoms with E-state index in [0.717, 1.165) is 18.4 Å². The summed E-state index contributed by atoms with van der Waals surface area (Å²) in [7, 11) is 1.47. The number of ether oxygens (including phenoxy) is 1. The summed E-state index contributed by atoms with van der Waals surface area (Å²) in [4.78, 5) is 16.5. The van der Waals surface area contributed by atoms with Gasteiger partial charge in [-0.2, -0.15) is 5.26 Å². The third-order valence-corrected chi connectivity index (χ3v) is 3.35. The number of pyridine rings is 1. The highest BCUT2D eigenvalue weighted by atomic mass is 16.5. The molecule has 0 saturated carbocycles. The second-order valence-corrected chi connectivity index (χ2v) is 4.51. The summed E-state index contributed by atoms with van der Waals surface area (Å²) in [6, 6.07) is 3.78. The van der Waals surface area contributed by atoms with Crippen molar-refractivity contribution < 1.29 is 14.6 Å². The summed E-state index contributed by atoms with van der Waals surface area (Å²) in [6.45, 7) is 1.02. The lowest BCUT2D eigenvalue weighted by Gasteiger charge is -2.30. The van der Waals surface area contributed by atoms with E-state index >= 15 is 0 Å². The first-order valence-corrected chi connectivity index (χ1v) is 6.07. The van der Waals surface area contributed by atoms with Crippen molar-refractivity contribution in [2.75, 3.05) is 20.2 Å². The van der Waals surface area contributed by atoms with Crippen LogP contribution < -0.4 is 4.74 Å². The van der Waals surface area contributed by atoms with Crippen molar-refractivity contribution in [1.82, 2.24) is 9.88 Å². The zero-order valence-corrected chi connectivity index (χ0v) is 10.7. The Balaban J connectivity index is 2.22. The number of carbonyl (C=O) groups is 1. The lowest BCUT2D eigenvalue weighted by atomic mass is 9.91. The highest BCUT2D eigenvalue weighted by molar-refractivity contribution is 5.65. The summed E-state index contributed by atoms with van der Waals surface area (Å²) >= 11 is 0. The van der Waals surface area contributed by atoms with Crippen molar-refractivity contribution >= 4 is 6.09 Å². The van der Waals surface area contributed by atoms with E-state index in [0.29, 0.717) is 24.5 Å². The maximum Gasteiger partial charge on any atom is 0.407 e. The smallest absolute Gasteiger partial charge is 0.407 e. The van der Waals surface area contributed by atoms with Gasteiger partial charge in [-0.05, 0) is 24.5 Å². The Morgan fingerprint density at radius 2 is 2.47 bits per heavy atom. The predicted molar refractivity (Wildman–Crippen MR) is 67.1 cm³/mol. The van der Waals surface area contributed by atoms with E-state index in [-0.39, 0.29) is 5.92 Å². The molecule has 1 unspecified atom stereocenters. The monoisotopic (exact) mass is 261 g/mol. The standard InChI is InChI=1S/C13H15N3O3/c1-19-12-10(6-14)5-11(7-15-12)9-3-2-4-16(8-9)13(17)18/h5,7,9H,2-4,8H2,1H3,(H,17,18). The van der Waals surface area contributed by atoms with Crippen LogP contribution in [-0.2, 0) is 0 Å². The van der Waals surface area contributed by atoms with Gasteiger partial charge in [-0.1, -0.05) is 0 Å². The van der Waals surface area contributed by atoms with Crippen LogP contribution in [0.5, 0.6) is 5.88 Å². The Kier molecular flexibility index (Phi) is 3.85. The minimum atomic E-state index is -0.897. The molecule has 1 aromatic rings. The van der Waals surface area contributed by atoms with Gasteiger partial charge in [0.15, 0.2) is 0 Å². The van der Waals surface area contributed by atoms with E-state index in [1.165, 1.54) is 12.0 Å². The minimum absolute atomic E-state index is 0.0929. The molecule has 1 aliphatic heterocycles. The van der Waals surface area contributed by atoms with Crippen molar-refractivity contribution in [3.8, 4) is 11.9 Å². The molecule has 0 bridgehead atoms. The van der Waals surface area contributed by atoms with Gasteiger partial charge in [0, 0.05) is 25.2 Å². The summed E-state index contributed by atoms with van der Waals surface area (Å²) in [5.41, 5.74) is 1.27. The van der Waals surface area contributed by atoms with E-state index in [2.05, 4.69) is 4.98 Å². The predicted octanol–water partition coefficient (Wildman–Crippen LogP) is 1.82. The van der Waals surface area contributed by atoms with Crippen LogP contribution in [0.4, 0.5) is 4.79 Å². The number of piperidine rings is 1.